The molecule has 1 aromatic heterocycles. The summed E-state index contributed by atoms with van der Waals surface area (Å²) >= 11 is 0.959. The Morgan fingerprint density at radius 1 is 1.09 bits per heavy atom. The molecule has 1 aromatic carbocycles. The summed E-state index contributed by atoms with van der Waals surface area (Å²) in [5.41, 5.74) is 0. The van der Waals surface area contributed by atoms with E-state index in [0.29, 0.717) is 24.4 Å². The Morgan fingerprint density at radius 3 is 2.35 bits per heavy atom. The Bertz CT molecular complexity index is 665. The van der Waals surface area contributed by atoms with Crippen LogP contribution < -0.4 is 14.8 Å². The van der Waals surface area contributed by atoms with Gasteiger partial charge in [-0.15, -0.1) is 11.3 Å². The first-order chi connectivity index (χ1) is 11.1. The first kappa shape index (κ1) is 16.8. The maximum Gasteiger partial charge on any atom is 0.345 e. The van der Waals surface area contributed by atoms with Crippen LogP contribution in [0.15, 0.2) is 36.4 Å². The van der Waals surface area contributed by atoms with Crippen LogP contribution >= 0.6 is 11.3 Å². The van der Waals surface area contributed by atoms with Crippen LogP contribution in [0.1, 0.15) is 25.8 Å². The molecule has 0 aliphatic heterocycles. The van der Waals surface area contributed by atoms with Gasteiger partial charge in [-0.25, -0.2) is 4.79 Å². The van der Waals surface area contributed by atoms with Crippen LogP contribution in [0, 0.1) is 0 Å². The second-order valence-electron chi connectivity index (χ2n) is 4.60. The first-order valence-electron chi connectivity index (χ1n) is 6.98. The van der Waals surface area contributed by atoms with Crippen LogP contribution in [-0.2, 0) is 0 Å². The number of aromatic carboxylic acids is 1. The van der Waals surface area contributed by atoms with Crippen molar-refractivity contribution in [1.29, 1.82) is 0 Å². The lowest BCUT2D eigenvalue weighted by Gasteiger charge is -2.07. The number of amides is 1. The predicted octanol–water partition coefficient (Wildman–Crippen LogP) is 2.65. The number of rotatable bonds is 8. The van der Waals surface area contributed by atoms with E-state index < -0.39 is 5.97 Å². The van der Waals surface area contributed by atoms with E-state index in [4.69, 9.17) is 14.6 Å². The van der Waals surface area contributed by atoms with Crippen molar-refractivity contribution in [1.82, 2.24) is 5.32 Å². The van der Waals surface area contributed by atoms with Gasteiger partial charge in [-0.2, -0.15) is 0 Å². The minimum atomic E-state index is -1.03. The van der Waals surface area contributed by atoms with Crippen LogP contribution in [0.5, 0.6) is 11.5 Å². The van der Waals surface area contributed by atoms with Crippen LogP contribution in [0.4, 0.5) is 0 Å². The molecule has 122 valence electrons. The molecule has 0 spiro atoms. The van der Waals surface area contributed by atoms with Crippen LogP contribution in [-0.4, -0.2) is 37.2 Å². The number of carbonyl (C=O) groups is 2. The molecule has 0 saturated carbocycles. The van der Waals surface area contributed by atoms with Crippen molar-refractivity contribution in [3.8, 4) is 11.5 Å². The molecule has 0 bridgehead atoms. The van der Waals surface area contributed by atoms with Gasteiger partial charge in [0, 0.05) is 6.54 Å². The quantitative estimate of drug-likeness (QED) is 0.725. The molecular formula is C16H17NO5S. The highest BCUT2D eigenvalue weighted by molar-refractivity contribution is 7.15. The lowest BCUT2D eigenvalue weighted by molar-refractivity contribution is 0.0702. The molecule has 2 rings (SSSR count). The van der Waals surface area contributed by atoms with Gasteiger partial charge in [0.2, 0.25) is 0 Å². The maximum atomic E-state index is 11.8. The zero-order valence-electron chi connectivity index (χ0n) is 12.6. The van der Waals surface area contributed by atoms with Crippen LogP contribution in [0.3, 0.4) is 0 Å². The number of nitrogens with one attached hydrogen (secondary N) is 1. The molecule has 6 nitrogen and oxygen atoms in total. The number of carboxylic acid groups (broad SMARTS) is 1. The molecule has 0 unspecified atom stereocenters. The molecule has 0 atom stereocenters. The molecule has 7 heteroatoms. The minimum Gasteiger partial charge on any atom is -0.497 e. The van der Waals surface area contributed by atoms with Crippen molar-refractivity contribution in [2.24, 2.45) is 0 Å². The number of benzene rings is 1. The lowest BCUT2D eigenvalue weighted by atomic mass is 10.3. The number of ether oxygens (including phenoxy) is 2. The predicted molar refractivity (Wildman–Crippen MR) is 86.7 cm³/mol. The fourth-order valence-corrected chi connectivity index (χ4v) is 2.56. The topological polar surface area (TPSA) is 84.9 Å². The molecule has 0 radical (unpaired) electrons. The molecule has 1 amide bonds. The molecule has 0 fully saturated rings. The lowest BCUT2D eigenvalue weighted by Crippen LogP contribution is -2.24. The Kier molecular flexibility index (Phi) is 5.99. The van der Waals surface area contributed by atoms with Crippen molar-refractivity contribution in [2.75, 3.05) is 20.3 Å². The van der Waals surface area contributed by atoms with Gasteiger partial charge >= 0.3 is 5.97 Å². The Hall–Kier alpha value is -2.54. The number of methoxy groups -OCH3 is 1. The van der Waals surface area contributed by atoms with Crippen molar-refractivity contribution < 1.29 is 24.2 Å². The standard InChI is InChI=1S/C16H17NO5S/c1-21-11-3-5-12(6-4-11)22-10-2-9-17-15(18)13-7-8-14(23-13)16(19)20/h3-8H,2,9-10H2,1H3,(H,17,18)(H,19,20). The SMILES string of the molecule is COc1ccc(OCCCNC(=O)c2ccc(C(=O)O)s2)cc1. The third-order valence-electron chi connectivity index (χ3n) is 2.98. The smallest absolute Gasteiger partial charge is 0.345 e. The zero-order valence-corrected chi connectivity index (χ0v) is 13.4. The van der Waals surface area contributed by atoms with E-state index in [2.05, 4.69) is 5.32 Å². The highest BCUT2D eigenvalue weighted by Gasteiger charge is 2.12. The van der Waals surface area contributed by atoms with Crippen molar-refractivity contribution in [3.05, 3.63) is 46.2 Å². The highest BCUT2D eigenvalue weighted by Crippen LogP contribution is 2.17. The molecular weight excluding hydrogens is 318 g/mol. The maximum absolute atomic E-state index is 11.8. The minimum absolute atomic E-state index is 0.151. The largest absolute Gasteiger partial charge is 0.497 e. The fraction of sp³-hybridized carbons (Fsp3) is 0.250. The normalized spacial score (nSPS) is 10.1. The van der Waals surface area contributed by atoms with Gasteiger partial charge in [-0.3, -0.25) is 4.79 Å². The summed E-state index contributed by atoms with van der Waals surface area (Å²) in [6, 6.07) is 10.2. The average Bonchev–Trinajstić information content (AvgIpc) is 3.05. The van der Waals surface area contributed by atoms with E-state index in [1.165, 1.54) is 12.1 Å². The van der Waals surface area contributed by atoms with Gasteiger partial charge in [-0.1, -0.05) is 0 Å². The number of carboxylic acids is 1. The van der Waals surface area contributed by atoms with Gasteiger partial charge in [0.25, 0.3) is 5.91 Å². The summed E-state index contributed by atoms with van der Waals surface area (Å²) in [5.74, 6) is 0.205. The summed E-state index contributed by atoms with van der Waals surface area (Å²) in [6.07, 6.45) is 0.648. The van der Waals surface area contributed by atoms with E-state index in [1.807, 2.05) is 24.3 Å². The number of thiophene rings is 1. The zero-order chi connectivity index (χ0) is 16.7. The van der Waals surface area contributed by atoms with Gasteiger partial charge < -0.3 is 19.9 Å². The van der Waals surface area contributed by atoms with Gasteiger partial charge in [0.15, 0.2) is 0 Å². The second kappa shape index (κ2) is 8.19. The van der Waals surface area contributed by atoms with Crippen molar-refractivity contribution in [2.45, 2.75) is 6.42 Å². The summed E-state index contributed by atoms with van der Waals surface area (Å²) in [4.78, 5) is 23.1. The molecule has 0 aliphatic carbocycles. The summed E-state index contributed by atoms with van der Waals surface area (Å²) in [6.45, 7) is 0.923. The monoisotopic (exact) mass is 335 g/mol. The molecule has 2 N–H and O–H groups in total. The van der Waals surface area contributed by atoms with Crippen molar-refractivity contribution >= 4 is 23.2 Å². The molecule has 0 aliphatic rings. The van der Waals surface area contributed by atoms with E-state index >= 15 is 0 Å². The highest BCUT2D eigenvalue weighted by atomic mass is 32.1. The number of hydrogen-bond donors (Lipinski definition) is 2. The summed E-state index contributed by atoms with van der Waals surface area (Å²) in [7, 11) is 1.60. The van der Waals surface area contributed by atoms with Gasteiger partial charge in [0.1, 0.15) is 16.4 Å². The first-order valence-corrected chi connectivity index (χ1v) is 7.80. The average molecular weight is 335 g/mol. The number of hydrogen-bond acceptors (Lipinski definition) is 5. The van der Waals surface area contributed by atoms with Gasteiger partial charge in [-0.05, 0) is 42.8 Å². The molecule has 0 saturated heterocycles. The molecule has 1 heterocycles. The van der Waals surface area contributed by atoms with E-state index in [-0.39, 0.29) is 10.8 Å². The summed E-state index contributed by atoms with van der Waals surface area (Å²) in [5, 5.41) is 11.6. The van der Waals surface area contributed by atoms with E-state index in [9.17, 15) is 9.59 Å². The Balaban J connectivity index is 1.68. The van der Waals surface area contributed by atoms with Crippen LogP contribution in [0.2, 0.25) is 0 Å². The fourth-order valence-electron chi connectivity index (χ4n) is 1.80. The summed E-state index contributed by atoms with van der Waals surface area (Å²) < 4.78 is 10.6. The third-order valence-corrected chi connectivity index (χ3v) is 4.05. The molecule has 2 aromatic rings. The van der Waals surface area contributed by atoms with Crippen molar-refractivity contribution in [3.63, 3.8) is 0 Å². The third kappa shape index (κ3) is 5.00. The Morgan fingerprint density at radius 2 is 1.74 bits per heavy atom. The van der Waals surface area contributed by atoms with Crippen LogP contribution in [0.25, 0.3) is 0 Å². The molecule has 23 heavy (non-hydrogen) atoms. The van der Waals surface area contributed by atoms with E-state index in [1.54, 1.807) is 7.11 Å². The van der Waals surface area contributed by atoms with Gasteiger partial charge in [0.05, 0.1) is 18.6 Å². The number of carbonyl (C=O) groups excluding carboxylic acids is 1. The Labute approximate surface area is 137 Å². The second-order valence-corrected chi connectivity index (χ2v) is 5.69. The van der Waals surface area contributed by atoms with E-state index in [0.717, 1.165) is 22.8 Å².